The van der Waals surface area contributed by atoms with E-state index in [1.54, 1.807) is 0 Å². The van der Waals surface area contributed by atoms with Crippen LogP contribution in [0.2, 0.25) is 0 Å². The third kappa shape index (κ3) is 5.38. The maximum atomic E-state index is 11.8. The second-order valence-corrected chi connectivity index (χ2v) is 5.64. The van der Waals surface area contributed by atoms with Crippen molar-refractivity contribution in [2.75, 3.05) is 36.4 Å². The number of carbonyl (C=O) groups is 1. The van der Waals surface area contributed by atoms with Gasteiger partial charge in [-0.1, -0.05) is 13.3 Å². The molecule has 1 fully saturated rings. The summed E-state index contributed by atoms with van der Waals surface area (Å²) >= 11 is 0. The number of hydrogen-bond donors (Lipinski definition) is 2. The van der Waals surface area contributed by atoms with E-state index in [9.17, 15) is 4.79 Å². The molecule has 0 saturated carbocycles. The van der Waals surface area contributed by atoms with E-state index in [4.69, 9.17) is 0 Å². The molecule has 1 aliphatic rings. The van der Waals surface area contributed by atoms with Crippen LogP contribution in [0.4, 0.5) is 11.4 Å². The fraction of sp³-hybridized carbons (Fsp3) is 0.588. The molecule has 1 heterocycles. The highest BCUT2D eigenvalue weighted by atomic mass is 16.1. The normalized spacial score (nSPS) is 14.4. The van der Waals surface area contributed by atoms with Gasteiger partial charge in [0.1, 0.15) is 0 Å². The van der Waals surface area contributed by atoms with Crippen molar-refractivity contribution in [3.63, 3.8) is 0 Å². The molecule has 0 aromatic heterocycles. The lowest BCUT2D eigenvalue weighted by Gasteiger charge is -2.17. The van der Waals surface area contributed by atoms with Crippen LogP contribution in [0, 0.1) is 0 Å². The molecule has 1 amide bonds. The molecular weight excluding hydrogens is 262 g/mol. The minimum atomic E-state index is 0.0768. The summed E-state index contributed by atoms with van der Waals surface area (Å²) in [5.41, 5.74) is 2.14. The summed E-state index contributed by atoms with van der Waals surface area (Å²) in [5, 5.41) is 6.23. The Morgan fingerprint density at radius 2 is 1.86 bits per heavy atom. The molecule has 116 valence electrons. The Bertz CT molecular complexity index is 424. The second kappa shape index (κ2) is 8.67. The van der Waals surface area contributed by atoms with Crippen LogP contribution in [0.3, 0.4) is 0 Å². The van der Waals surface area contributed by atoms with Gasteiger partial charge in [-0.3, -0.25) is 4.79 Å². The lowest BCUT2D eigenvalue weighted by atomic mass is 10.2. The monoisotopic (exact) mass is 289 g/mol. The number of carbonyl (C=O) groups excluding carboxylic acids is 1. The van der Waals surface area contributed by atoms with Gasteiger partial charge in [0, 0.05) is 37.4 Å². The Labute approximate surface area is 127 Å². The Balaban J connectivity index is 1.71. The Kier molecular flexibility index (Phi) is 6.54. The zero-order valence-electron chi connectivity index (χ0n) is 13.0. The Morgan fingerprint density at radius 3 is 2.52 bits per heavy atom. The zero-order valence-corrected chi connectivity index (χ0v) is 13.0. The highest BCUT2D eigenvalue weighted by Gasteiger charge is 2.11. The van der Waals surface area contributed by atoms with Gasteiger partial charge in [-0.05, 0) is 50.1 Å². The largest absolute Gasteiger partial charge is 0.372 e. The predicted molar refractivity (Wildman–Crippen MR) is 88.9 cm³/mol. The highest BCUT2D eigenvalue weighted by Crippen LogP contribution is 2.21. The Morgan fingerprint density at radius 1 is 1.14 bits per heavy atom. The number of nitrogens with one attached hydrogen (secondary N) is 2. The third-order valence-electron chi connectivity index (χ3n) is 3.86. The van der Waals surface area contributed by atoms with E-state index in [0.717, 1.165) is 31.9 Å². The van der Waals surface area contributed by atoms with Gasteiger partial charge in [0.2, 0.25) is 5.91 Å². The van der Waals surface area contributed by atoms with Gasteiger partial charge < -0.3 is 15.5 Å². The summed E-state index contributed by atoms with van der Waals surface area (Å²) in [6, 6.07) is 8.19. The summed E-state index contributed by atoms with van der Waals surface area (Å²) in [5.74, 6) is 0.0768. The lowest BCUT2D eigenvalue weighted by molar-refractivity contribution is -0.116. The molecule has 0 radical (unpaired) electrons. The van der Waals surface area contributed by atoms with E-state index in [-0.39, 0.29) is 5.91 Å². The molecule has 0 unspecified atom stereocenters. The van der Waals surface area contributed by atoms with E-state index >= 15 is 0 Å². The van der Waals surface area contributed by atoms with Crippen molar-refractivity contribution in [2.45, 2.75) is 39.0 Å². The van der Waals surface area contributed by atoms with E-state index in [2.05, 4.69) is 34.6 Å². The van der Waals surface area contributed by atoms with Crippen LogP contribution in [-0.4, -0.2) is 32.1 Å². The third-order valence-corrected chi connectivity index (χ3v) is 3.86. The highest BCUT2D eigenvalue weighted by molar-refractivity contribution is 5.91. The van der Waals surface area contributed by atoms with Gasteiger partial charge >= 0.3 is 0 Å². The van der Waals surface area contributed by atoms with Crippen LogP contribution < -0.4 is 15.5 Å². The van der Waals surface area contributed by atoms with Crippen molar-refractivity contribution >= 4 is 17.3 Å². The number of benzene rings is 1. The van der Waals surface area contributed by atoms with E-state index in [0.29, 0.717) is 6.42 Å². The molecular formula is C17H27N3O. The molecule has 4 nitrogen and oxygen atoms in total. The quantitative estimate of drug-likeness (QED) is 0.723. The zero-order chi connectivity index (χ0) is 14.9. The minimum absolute atomic E-state index is 0.0768. The number of amides is 1. The molecule has 0 aliphatic carbocycles. The molecule has 1 saturated heterocycles. The summed E-state index contributed by atoms with van der Waals surface area (Å²) in [6.07, 6.45) is 5.44. The fourth-order valence-electron chi connectivity index (χ4n) is 2.58. The molecule has 1 aromatic rings. The molecule has 2 N–H and O–H groups in total. The maximum absolute atomic E-state index is 11.8. The first-order valence-corrected chi connectivity index (χ1v) is 8.15. The predicted octanol–water partition coefficient (Wildman–Crippen LogP) is 3.01. The first-order chi connectivity index (χ1) is 10.3. The van der Waals surface area contributed by atoms with Gasteiger partial charge in [-0.2, -0.15) is 0 Å². The molecule has 0 spiro atoms. The van der Waals surface area contributed by atoms with Gasteiger partial charge in [-0.15, -0.1) is 0 Å². The van der Waals surface area contributed by atoms with Crippen LogP contribution >= 0.6 is 0 Å². The van der Waals surface area contributed by atoms with Crippen molar-refractivity contribution in [3.8, 4) is 0 Å². The summed E-state index contributed by atoms with van der Waals surface area (Å²) < 4.78 is 0. The average Bonchev–Trinajstić information content (AvgIpc) is 3.02. The number of anilines is 2. The van der Waals surface area contributed by atoms with Crippen LogP contribution in [0.25, 0.3) is 0 Å². The number of rotatable bonds is 8. The van der Waals surface area contributed by atoms with Crippen molar-refractivity contribution in [1.29, 1.82) is 0 Å². The SMILES string of the molecule is CCCCNCCC(=O)Nc1ccc(N2CCCC2)cc1. The molecule has 1 aliphatic heterocycles. The van der Waals surface area contributed by atoms with Crippen LogP contribution in [0.15, 0.2) is 24.3 Å². The standard InChI is InChI=1S/C17H27N3O/c1-2-3-11-18-12-10-17(21)19-15-6-8-16(9-7-15)20-13-4-5-14-20/h6-9,18H,2-5,10-14H2,1H3,(H,19,21). The number of unbranched alkanes of at least 4 members (excludes halogenated alkanes) is 1. The van der Waals surface area contributed by atoms with E-state index < -0.39 is 0 Å². The van der Waals surface area contributed by atoms with Crippen molar-refractivity contribution in [3.05, 3.63) is 24.3 Å². The van der Waals surface area contributed by atoms with Crippen LogP contribution in [0.5, 0.6) is 0 Å². The molecule has 2 rings (SSSR count). The molecule has 21 heavy (non-hydrogen) atoms. The fourth-order valence-corrected chi connectivity index (χ4v) is 2.58. The molecule has 0 bridgehead atoms. The number of hydrogen-bond acceptors (Lipinski definition) is 3. The summed E-state index contributed by atoms with van der Waals surface area (Å²) in [7, 11) is 0. The second-order valence-electron chi connectivity index (χ2n) is 5.64. The van der Waals surface area contributed by atoms with Crippen molar-refractivity contribution < 1.29 is 4.79 Å². The van der Waals surface area contributed by atoms with Crippen molar-refractivity contribution in [2.24, 2.45) is 0 Å². The smallest absolute Gasteiger partial charge is 0.225 e. The maximum Gasteiger partial charge on any atom is 0.225 e. The first kappa shape index (κ1) is 15.8. The summed E-state index contributed by atoms with van der Waals surface area (Å²) in [6.45, 7) is 6.20. The molecule has 1 aromatic carbocycles. The molecule has 0 atom stereocenters. The lowest BCUT2D eigenvalue weighted by Crippen LogP contribution is -2.22. The number of nitrogens with zero attached hydrogens (tertiary/aromatic N) is 1. The van der Waals surface area contributed by atoms with Crippen LogP contribution in [-0.2, 0) is 4.79 Å². The van der Waals surface area contributed by atoms with Gasteiger partial charge in [0.05, 0.1) is 0 Å². The minimum Gasteiger partial charge on any atom is -0.372 e. The van der Waals surface area contributed by atoms with E-state index in [1.165, 1.54) is 31.4 Å². The van der Waals surface area contributed by atoms with Crippen LogP contribution in [0.1, 0.15) is 39.0 Å². The Hall–Kier alpha value is -1.55. The summed E-state index contributed by atoms with van der Waals surface area (Å²) in [4.78, 5) is 14.2. The van der Waals surface area contributed by atoms with Gasteiger partial charge in [0.15, 0.2) is 0 Å². The average molecular weight is 289 g/mol. The van der Waals surface area contributed by atoms with Crippen molar-refractivity contribution in [1.82, 2.24) is 5.32 Å². The topological polar surface area (TPSA) is 44.4 Å². The van der Waals surface area contributed by atoms with E-state index in [1.807, 2.05) is 12.1 Å². The first-order valence-electron chi connectivity index (χ1n) is 8.15. The molecule has 4 heteroatoms. The van der Waals surface area contributed by atoms with Gasteiger partial charge in [-0.25, -0.2) is 0 Å². The van der Waals surface area contributed by atoms with Gasteiger partial charge in [0.25, 0.3) is 0 Å².